The highest BCUT2D eigenvalue weighted by Crippen LogP contribution is 2.23. The monoisotopic (exact) mass is 274 g/mol. The van der Waals surface area contributed by atoms with E-state index in [1.807, 2.05) is 6.92 Å². The Balaban J connectivity index is 2.01. The Morgan fingerprint density at radius 3 is 2.65 bits per heavy atom. The van der Waals surface area contributed by atoms with E-state index in [4.69, 9.17) is 0 Å². The highest BCUT2D eigenvalue weighted by atomic mass is 16.2. The zero-order valence-corrected chi connectivity index (χ0v) is 11.6. The van der Waals surface area contributed by atoms with Crippen LogP contribution < -0.4 is 5.56 Å². The van der Waals surface area contributed by atoms with Crippen LogP contribution in [0.1, 0.15) is 52.6 Å². The number of fused-ring (bicyclic) bond motifs is 1. The minimum Gasteiger partial charge on any atom is -0.338 e. The lowest BCUT2D eigenvalue weighted by Crippen LogP contribution is -2.34. The average Bonchev–Trinajstić information content (AvgIpc) is 2.90. The van der Waals surface area contributed by atoms with Crippen molar-refractivity contribution in [3.63, 3.8) is 0 Å². The fourth-order valence-electron chi connectivity index (χ4n) is 3.07. The summed E-state index contributed by atoms with van der Waals surface area (Å²) < 4.78 is 0. The first kappa shape index (κ1) is 13.1. The van der Waals surface area contributed by atoms with Gasteiger partial charge in [0, 0.05) is 30.8 Å². The molecule has 0 radical (unpaired) electrons. The number of hydrogen-bond acceptors (Lipinski definition) is 3. The van der Waals surface area contributed by atoms with Crippen LogP contribution >= 0.6 is 0 Å². The molecule has 1 fully saturated rings. The number of likely N-dealkylation sites (tertiary alicyclic amines) is 1. The van der Waals surface area contributed by atoms with Crippen molar-refractivity contribution < 1.29 is 9.59 Å². The van der Waals surface area contributed by atoms with E-state index < -0.39 is 0 Å². The maximum absolute atomic E-state index is 12.3. The highest BCUT2D eigenvalue weighted by molar-refractivity contribution is 6.01. The van der Waals surface area contributed by atoms with Gasteiger partial charge in [-0.2, -0.15) is 0 Å². The highest BCUT2D eigenvalue weighted by Gasteiger charge is 2.28. The number of Topliss-reactive ketones (excluding diaryl/α,β-unsaturated/α-hetero) is 1. The SMILES string of the molecule is CC1CC(=O)c2cc(C(=O)N3CCCC3)c(=O)[nH]c2C1. The van der Waals surface area contributed by atoms with Gasteiger partial charge in [-0.1, -0.05) is 6.92 Å². The molecule has 0 aromatic carbocycles. The number of ketones is 1. The predicted octanol–water partition coefficient (Wildman–Crippen LogP) is 1.38. The fourth-order valence-corrected chi connectivity index (χ4v) is 3.07. The second-order valence-electron chi connectivity index (χ2n) is 5.84. The van der Waals surface area contributed by atoms with Gasteiger partial charge in [0.05, 0.1) is 0 Å². The first-order valence-electron chi connectivity index (χ1n) is 7.15. The van der Waals surface area contributed by atoms with Gasteiger partial charge in [0.1, 0.15) is 5.56 Å². The number of nitrogens with zero attached hydrogens (tertiary/aromatic N) is 1. The molecule has 1 amide bonds. The lowest BCUT2D eigenvalue weighted by Gasteiger charge is -2.21. The number of nitrogens with one attached hydrogen (secondary N) is 1. The minimum absolute atomic E-state index is 0.0190. The smallest absolute Gasteiger partial charge is 0.261 e. The molecule has 5 nitrogen and oxygen atoms in total. The van der Waals surface area contributed by atoms with Gasteiger partial charge in [0.15, 0.2) is 5.78 Å². The molecule has 106 valence electrons. The summed E-state index contributed by atoms with van der Waals surface area (Å²) in [4.78, 5) is 40.9. The molecular formula is C15H18N2O3. The first-order chi connectivity index (χ1) is 9.56. The largest absolute Gasteiger partial charge is 0.338 e. The second kappa shape index (κ2) is 4.89. The molecule has 0 bridgehead atoms. The van der Waals surface area contributed by atoms with Crippen LogP contribution in [0.5, 0.6) is 0 Å². The van der Waals surface area contributed by atoms with E-state index in [-0.39, 0.29) is 28.7 Å². The maximum Gasteiger partial charge on any atom is 0.261 e. The number of rotatable bonds is 1. The molecule has 1 unspecified atom stereocenters. The third kappa shape index (κ3) is 2.17. The molecule has 0 spiro atoms. The third-order valence-corrected chi connectivity index (χ3v) is 4.13. The molecule has 2 heterocycles. The molecule has 2 aliphatic rings. The Morgan fingerprint density at radius 2 is 1.95 bits per heavy atom. The number of amides is 1. The van der Waals surface area contributed by atoms with Gasteiger partial charge < -0.3 is 9.88 Å². The normalized spacial score (nSPS) is 21.9. The predicted molar refractivity (Wildman–Crippen MR) is 74.0 cm³/mol. The Labute approximate surface area is 117 Å². The quantitative estimate of drug-likeness (QED) is 0.841. The lowest BCUT2D eigenvalue weighted by molar-refractivity contribution is 0.0791. The summed E-state index contributed by atoms with van der Waals surface area (Å²) >= 11 is 0. The van der Waals surface area contributed by atoms with Crippen molar-refractivity contribution >= 4 is 11.7 Å². The molecule has 1 saturated heterocycles. The molecule has 3 rings (SSSR count). The van der Waals surface area contributed by atoms with E-state index in [2.05, 4.69) is 4.98 Å². The van der Waals surface area contributed by atoms with Crippen LogP contribution in [-0.4, -0.2) is 34.7 Å². The van der Waals surface area contributed by atoms with Gasteiger partial charge in [-0.25, -0.2) is 0 Å². The summed E-state index contributed by atoms with van der Waals surface area (Å²) in [6.07, 6.45) is 3.13. The van der Waals surface area contributed by atoms with Crippen molar-refractivity contribution in [3.8, 4) is 0 Å². The molecule has 1 aromatic rings. The fraction of sp³-hybridized carbons (Fsp3) is 0.533. The summed E-state index contributed by atoms with van der Waals surface area (Å²) in [6, 6.07) is 1.50. The van der Waals surface area contributed by atoms with Crippen molar-refractivity contribution in [1.29, 1.82) is 0 Å². The molecule has 1 N–H and O–H groups in total. The van der Waals surface area contributed by atoms with Gasteiger partial charge in [0.25, 0.3) is 11.5 Å². The minimum atomic E-state index is -0.373. The molecular weight excluding hydrogens is 256 g/mol. The van der Waals surface area contributed by atoms with Crippen LogP contribution in [-0.2, 0) is 6.42 Å². The van der Waals surface area contributed by atoms with E-state index in [1.165, 1.54) is 6.07 Å². The summed E-state index contributed by atoms with van der Waals surface area (Å²) in [5.41, 5.74) is 0.929. The van der Waals surface area contributed by atoms with Crippen molar-refractivity contribution in [2.24, 2.45) is 5.92 Å². The maximum atomic E-state index is 12.3. The van der Waals surface area contributed by atoms with E-state index >= 15 is 0 Å². The number of pyridine rings is 1. The van der Waals surface area contributed by atoms with Crippen molar-refractivity contribution in [3.05, 3.63) is 33.2 Å². The molecule has 1 aliphatic carbocycles. The van der Waals surface area contributed by atoms with E-state index in [9.17, 15) is 14.4 Å². The van der Waals surface area contributed by atoms with Gasteiger partial charge in [-0.05, 0) is 31.2 Å². The number of aromatic nitrogens is 1. The van der Waals surface area contributed by atoms with E-state index in [0.29, 0.717) is 37.2 Å². The van der Waals surface area contributed by atoms with Crippen LogP contribution in [0.4, 0.5) is 0 Å². The number of H-pyrrole nitrogens is 1. The van der Waals surface area contributed by atoms with Gasteiger partial charge in [-0.3, -0.25) is 14.4 Å². The Morgan fingerprint density at radius 1 is 1.25 bits per heavy atom. The standard InChI is InChI=1S/C15H18N2O3/c1-9-6-12-10(13(18)7-9)8-11(14(19)16-12)15(20)17-4-2-3-5-17/h8-9H,2-7H2,1H3,(H,16,19). The topological polar surface area (TPSA) is 70.2 Å². The summed E-state index contributed by atoms with van der Waals surface area (Å²) in [7, 11) is 0. The van der Waals surface area contributed by atoms with Crippen LogP contribution in [0, 0.1) is 5.92 Å². The van der Waals surface area contributed by atoms with Crippen molar-refractivity contribution in [1.82, 2.24) is 9.88 Å². The van der Waals surface area contributed by atoms with Gasteiger partial charge in [0.2, 0.25) is 0 Å². The Hall–Kier alpha value is -1.91. The second-order valence-corrected chi connectivity index (χ2v) is 5.84. The number of aromatic amines is 1. The summed E-state index contributed by atoms with van der Waals surface area (Å²) in [6.45, 7) is 3.38. The summed E-state index contributed by atoms with van der Waals surface area (Å²) in [5.74, 6) is 0.00854. The Bertz CT molecular complexity index is 626. The molecule has 20 heavy (non-hydrogen) atoms. The van der Waals surface area contributed by atoms with Crippen molar-refractivity contribution in [2.75, 3.05) is 13.1 Å². The summed E-state index contributed by atoms with van der Waals surface area (Å²) in [5, 5.41) is 0. The van der Waals surface area contributed by atoms with Crippen molar-refractivity contribution in [2.45, 2.75) is 32.6 Å². The lowest BCUT2D eigenvalue weighted by atomic mass is 9.86. The van der Waals surface area contributed by atoms with E-state index in [1.54, 1.807) is 4.90 Å². The van der Waals surface area contributed by atoms with Crippen LogP contribution in [0.2, 0.25) is 0 Å². The number of hydrogen-bond donors (Lipinski definition) is 1. The van der Waals surface area contributed by atoms with Gasteiger partial charge in [-0.15, -0.1) is 0 Å². The van der Waals surface area contributed by atoms with E-state index in [0.717, 1.165) is 12.8 Å². The zero-order chi connectivity index (χ0) is 14.3. The molecule has 0 saturated carbocycles. The third-order valence-electron chi connectivity index (χ3n) is 4.13. The molecule has 5 heteroatoms. The average molecular weight is 274 g/mol. The molecule has 1 atom stereocenters. The van der Waals surface area contributed by atoms with Gasteiger partial charge >= 0.3 is 0 Å². The Kier molecular flexibility index (Phi) is 3.20. The molecule has 1 aliphatic heterocycles. The van der Waals surface area contributed by atoms with Crippen LogP contribution in [0.25, 0.3) is 0 Å². The zero-order valence-electron chi connectivity index (χ0n) is 11.6. The number of carbonyl (C=O) groups excluding carboxylic acids is 2. The van der Waals surface area contributed by atoms with Crippen LogP contribution in [0.3, 0.4) is 0 Å². The van der Waals surface area contributed by atoms with Crippen LogP contribution in [0.15, 0.2) is 10.9 Å². The molecule has 1 aromatic heterocycles. The number of carbonyl (C=O) groups is 2. The first-order valence-corrected chi connectivity index (χ1v) is 7.15.